The number of hydrogen-bond donors (Lipinski definition) is 2. The molecular formula is C10H16N4O3S. The first-order valence-corrected chi connectivity index (χ1v) is 6.44. The molecule has 1 aromatic rings. The van der Waals surface area contributed by atoms with E-state index in [1.165, 1.54) is 5.51 Å². The maximum Gasteiger partial charge on any atom is 0.315 e. The van der Waals surface area contributed by atoms with Crippen molar-refractivity contribution in [3.63, 3.8) is 0 Å². The number of rotatable bonds is 6. The summed E-state index contributed by atoms with van der Waals surface area (Å²) in [6.45, 7) is 4.83. The predicted molar refractivity (Wildman–Crippen MR) is 67.3 cm³/mol. The normalized spacial score (nSPS) is 10.4. The Bertz CT molecular complexity index is 380. The Morgan fingerprint density at radius 1 is 1.44 bits per heavy atom. The first-order valence-electron chi connectivity index (χ1n) is 5.56. The molecule has 0 unspecified atom stereocenters. The van der Waals surface area contributed by atoms with Crippen LogP contribution in [0.4, 0.5) is 5.13 Å². The van der Waals surface area contributed by atoms with Gasteiger partial charge in [0, 0.05) is 13.2 Å². The Kier molecular flexibility index (Phi) is 6.23. The van der Waals surface area contributed by atoms with Gasteiger partial charge in [-0.1, -0.05) is 11.3 Å². The van der Waals surface area contributed by atoms with Crippen LogP contribution >= 0.6 is 11.3 Å². The molecule has 7 nitrogen and oxygen atoms in total. The molecule has 0 aliphatic rings. The van der Waals surface area contributed by atoms with E-state index in [0.29, 0.717) is 24.7 Å². The van der Waals surface area contributed by atoms with Gasteiger partial charge in [0.2, 0.25) is 5.13 Å². The first-order chi connectivity index (χ1) is 8.59. The summed E-state index contributed by atoms with van der Waals surface area (Å²) >= 11 is 1.15. The predicted octanol–water partition coefficient (Wildman–Crippen LogP) is 0.408. The van der Waals surface area contributed by atoms with Gasteiger partial charge < -0.3 is 10.1 Å². The second-order valence-electron chi connectivity index (χ2n) is 3.73. The van der Waals surface area contributed by atoms with Gasteiger partial charge >= 0.3 is 11.8 Å². The lowest BCUT2D eigenvalue weighted by molar-refractivity contribution is -0.136. The number of carbonyl (C=O) groups excluding carboxylic acids is 2. The van der Waals surface area contributed by atoms with E-state index in [-0.39, 0.29) is 6.10 Å². The van der Waals surface area contributed by atoms with E-state index in [0.717, 1.165) is 11.3 Å². The minimum absolute atomic E-state index is 0.168. The van der Waals surface area contributed by atoms with Crippen molar-refractivity contribution in [2.24, 2.45) is 0 Å². The minimum atomic E-state index is -0.739. The standard InChI is InChI=1S/C10H16N4O3S/c1-7(2)17-5-3-4-11-8(15)9(16)13-10-14-12-6-18-10/h6-7H,3-5H2,1-2H3,(H,11,15)(H,13,14,16). The third-order valence-corrected chi connectivity index (χ3v) is 2.45. The van der Waals surface area contributed by atoms with Crippen LogP contribution in [0.15, 0.2) is 5.51 Å². The quantitative estimate of drug-likeness (QED) is 0.578. The van der Waals surface area contributed by atoms with Crippen LogP contribution in [-0.2, 0) is 14.3 Å². The van der Waals surface area contributed by atoms with Gasteiger partial charge in [-0.15, -0.1) is 10.2 Å². The van der Waals surface area contributed by atoms with Gasteiger partial charge in [-0.3, -0.25) is 14.9 Å². The number of aromatic nitrogens is 2. The van der Waals surface area contributed by atoms with Crippen molar-refractivity contribution >= 4 is 28.3 Å². The van der Waals surface area contributed by atoms with Crippen LogP contribution in [-0.4, -0.2) is 41.3 Å². The van der Waals surface area contributed by atoms with Crippen molar-refractivity contribution in [2.75, 3.05) is 18.5 Å². The van der Waals surface area contributed by atoms with E-state index in [9.17, 15) is 9.59 Å². The number of nitrogens with zero attached hydrogens (tertiary/aromatic N) is 2. The molecule has 0 saturated carbocycles. The van der Waals surface area contributed by atoms with E-state index in [4.69, 9.17) is 4.74 Å². The number of nitrogens with one attached hydrogen (secondary N) is 2. The molecule has 0 atom stereocenters. The molecule has 0 aliphatic carbocycles. The monoisotopic (exact) mass is 272 g/mol. The third kappa shape index (κ3) is 5.69. The largest absolute Gasteiger partial charge is 0.379 e. The van der Waals surface area contributed by atoms with Crippen LogP contribution in [0.1, 0.15) is 20.3 Å². The van der Waals surface area contributed by atoms with Crippen LogP contribution in [0.3, 0.4) is 0 Å². The van der Waals surface area contributed by atoms with Gasteiger partial charge in [0.05, 0.1) is 6.10 Å². The zero-order chi connectivity index (χ0) is 13.4. The maximum atomic E-state index is 11.4. The van der Waals surface area contributed by atoms with Crippen LogP contribution in [0.2, 0.25) is 0 Å². The topological polar surface area (TPSA) is 93.2 Å². The summed E-state index contributed by atoms with van der Waals surface area (Å²) in [6.07, 6.45) is 0.831. The minimum Gasteiger partial charge on any atom is -0.379 e. The number of ether oxygens (including phenoxy) is 1. The first kappa shape index (κ1) is 14.5. The molecule has 0 aliphatic heterocycles. The molecule has 18 heavy (non-hydrogen) atoms. The van der Waals surface area contributed by atoms with E-state index in [1.54, 1.807) is 0 Å². The van der Waals surface area contributed by atoms with E-state index < -0.39 is 11.8 Å². The molecule has 0 aromatic carbocycles. The summed E-state index contributed by atoms with van der Waals surface area (Å²) in [5, 5.41) is 12.3. The lowest BCUT2D eigenvalue weighted by Crippen LogP contribution is -2.36. The van der Waals surface area contributed by atoms with Crippen molar-refractivity contribution in [2.45, 2.75) is 26.4 Å². The Labute approximate surface area is 109 Å². The molecule has 8 heteroatoms. The summed E-state index contributed by atoms with van der Waals surface area (Å²) in [4.78, 5) is 22.7. The second kappa shape index (κ2) is 7.72. The Balaban J connectivity index is 2.14. The molecule has 0 fully saturated rings. The third-order valence-electron chi connectivity index (χ3n) is 1.84. The molecule has 100 valence electrons. The van der Waals surface area contributed by atoms with Crippen LogP contribution < -0.4 is 10.6 Å². The van der Waals surface area contributed by atoms with Crippen molar-refractivity contribution in [1.29, 1.82) is 0 Å². The smallest absolute Gasteiger partial charge is 0.315 e. The van der Waals surface area contributed by atoms with Crippen LogP contribution in [0, 0.1) is 0 Å². The molecular weight excluding hydrogens is 256 g/mol. The van der Waals surface area contributed by atoms with E-state index in [2.05, 4.69) is 20.8 Å². The summed E-state index contributed by atoms with van der Waals surface area (Å²) in [5.74, 6) is -1.42. The molecule has 2 amide bonds. The number of carbonyl (C=O) groups is 2. The van der Waals surface area contributed by atoms with Gasteiger partial charge in [-0.05, 0) is 20.3 Å². The highest BCUT2D eigenvalue weighted by Gasteiger charge is 2.14. The SMILES string of the molecule is CC(C)OCCCNC(=O)C(=O)Nc1nncs1. The number of anilines is 1. The van der Waals surface area contributed by atoms with Gasteiger partial charge in [0.15, 0.2) is 0 Å². The number of amides is 2. The van der Waals surface area contributed by atoms with Crippen molar-refractivity contribution in [3.05, 3.63) is 5.51 Å². The summed E-state index contributed by atoms with van der Waals surface area (Å²) < 4.78 is 5.30. The molecule has 0 radical (unpaired) electrons. The zero-order valence-corrected chi connectivity index (χ0v) is 11.1. The van der Waals surface area contributed by atoms with Crippen molar-refractivity contribution in [3.8, 4) is 0 Å². The summed E-state index contributed by atoms with van der Waals surface area (Å²) in [5.41, 5.74) is 1.47. The average Bonchev–Trinajstić information content (AvgIpc) is 2.80. The highest BCUT2D eigenvalue weighted by Crippen LogP contribution is 2.06. The molecule has 0 bridgehead atoms. The number of hydrogen-bond acceptors (Lipinski definition) is 6. The van der Waals surface area contributed by atoms with Crippen molar-refractivity contribution in [1.82, 2.24) is 15.5 Å². The van der Waals surface area contributed by atoms with Gasteiger partial charge in [0.1, 0.15) is 5.51 Å². The van der Waals surface area contributed by atoms with Gasteiger partial charge in [-0.25, -0.2) is 0 Å². The molecule has 0 spiro atoms. The summed E-state index contributed by atoms with van der Waals surface area (Å²) in [6, 6.07) is 0. The molecule has 1 aromatic heterocycles. The second-order valence-corrected chi connectivity index (χ2v) is 4.56. The molecule has 2 N–H and O–H groups in total. The van der Waals surface area contributed by atoms with E-state index in [1.807, 2.05) is 13.8 Å². The maximum absolute atomic E-state index is 11.4. The van der Waals surface area contributed by atoms with E-state index >= 15 is 0 Å². The highest BCUT2D eigenvalue weighted by atomic mass is 32.1. The molecule has 1 rings (SSSR count). The van der Waals surface area contributed by atoms with Gasteiger partial charge in [-0.2, -0.15) is 0 Å². The van der Waals surface area contributed by atoms with Gasteiger partial charge in [0.25, 0.3) is 0 Å². The molecule has 0 saturated heterocycles. The fourth-order valence-corrected chi connectivity index (χ4v) is 1.49. The Morgan fingerprint density at radius 3 is 2.83 bits per heavy atom. The van der Waals surface area contributed by atoms with Crippen LogP contribution in [0.25, 0.3) is 0 Å². The fraction of sp³-hybridized carbons (Fsp3) is 0.600. The Morgan fingerprint density at radius 2 is 2.22 bits per heavy atom. The lowest BCUT2D eigenvalue weighted by atomic mass is 10.4. The van der Waals surface area contributed by atoms with Crippen LogP contribution in [0.5, 0.6) is 0 Å². The zero-order valence-electron chi connectivity index (χ0n) is 10.3. The fourth-order valence-electron chi connectivity index (χ4n) is 1.05. The average molecular weight is 272 g/mol. The highest BCUT2D eigenvalue weighted by molar-refractivity contribution is 7.13. The lowest BCUT2D eigenvalue weighted by Gasteiger charge is -2.07. The molecule has 1 heterocycles. The summed E-state index contributed by atoms with van der Waals surface area (Å²) in [7, 11) is 0. The van der Waals surface area contributed by atoms with Crippen molar-refractivity contribution < 1.29 is 14.3 Å². The Hall–Kier alpha value is -1.54.